The first kappa shape index (κ1) is 11.2. The fraction of sp³-hybridized carbons (Fsp3) is 0.846. The summed E-state index contributed by atoms with van der Waals surface area (Å²) in [6.07, 6.45) is 14.1. The molecule has 0 aliphatic heterocycles. The topological polar surface area (TPSA) is 32.3 Å². The number of nitrogens with one attached hydrogen (secondary N) is 1. The molecule has 15 heavy (non-hydrogen) atoms. The van der Waals surface area contributed by atoms with Gasteiger partial charge in [-0.2, -0.15) is 0 Å². The van der Waals surface area contributed by atoms with Crippen molar-refractivity contribution in [3.8, 4) is 0 Å². The van der Waals surface area contributed by atoms with Crippen molar-refractivity contribution in [3.63, 3.8) is 0 Å². The second-order valence-corrected chi connectivity index (χ2v) is 4.94. The SMILES string of the molecule is OC1CCCCCC1NC1C=CCCC1. The van der Waals surface area contributed by atoms with E-state index in [0.29, 0.717) is 12.1 Å². The van der Waals surface area contributed by atoms with Gasteiger partial charge in [-0.3, -0.25) is 0 Å². The van der Waals surface area contributed by atoms with Crippen LogP contribution in [-0.4, -0.2) is 23.3 Å². The molecule has 0 aromatic heterocycles. The van der Waals surface area contributed by atoms with Gasteiger partial charge >= 0.3 is 0 Å². The Hall–Kier alpha value is -0.340. The summed E-state index contributed by atoms with van der Waals surface area (Å²) < 4.78 is 0. The molecule has 1 fully saturated rings. The van der Waals surface area contributed by atoms with Crippen LogP contribution in [0.25, 0.3) is 0 Å². The lowest BCUT2D eigenvalue weighted by Crippen LogP contribution is -2.44. The predicted molar refractivity (Wildman–Crippen MR) is 62.8 cm³/mol. The van der Waals surface area contributed by atoms with Crippen LogP contribution in [0.3, 0.4) is 0 Å². The molecule has 0 spiro atoms. The van der Waals surface area contributed by atoms with E-state index in [-0.39, 0.29) is 6.10 Å². The van der Waals surface area contributed by atoms with Crippen molar-refractivity contribution in [2.45, 2.75) is 69.6 Å². The van der Waals surface area contributed by atoms with Crippen molar-refractivity contribution in [3.05, 3.63) is 12.2 Å². The number of hydrogen-bond acceptors (Lipinski definition) is 2. The summed E-state index contributed by atoms with van der Waals surface area (Å²) in [6.45, 7) is 0. The molecule has 0 saturated heterocycles. The first-order valence-electron chi connectivity index (χ1n) is 6.47. The minimum atomic E-state index is -0.122. The maximum atomic E-state index is 9.99. The molecule has 2 N–H and O–H groups in total. The summed E-state index contributed by atoms with van der Waals surface area (Å²) in [4.78, 5) is 0. The molecule has 0 amide bonds. The van der Waals surface area contributed by atoms with E-state index in [1.54, 1.807) is 0 Å². The quantitative estimate of drug-likeness (QED) is 0.540. The van der Waals surface area contributed by atoms with Gasteiger partial charge in [-0.05, 0) is 32.1 Å². The van der Waals surface area contributed by atoms with E-state index in [9.17, 15) is 5.11 Å². The van der Waals surface area contributed by atoms with Crippen LogP contribution >= 0.6 is 0 Å². The van der Waals surface area contributed by atoms with Gasteiger partial charge in [-0.15, -0.1) is 0 Å². The van der Waals surface area contributed by atoms with Gasteiger partial charge in [-0.25, -0.2) is 0 Å². The van der Waals surface area contributed by atoms with Gasteiger partial charge < -0.3 is 10.4 Å². The van der Waals surface area contributed by atoms with Gasteiger partial charge in [0.2, 0.25) is 0 Å². The van der Waals surface area contributed by atoms with Crippen LogP contribution in [0.2, 0.25) is 0 Å². The van der Waals surface area contributed by atoms with Crippen LogP contribution in [0.15, 0.2) is 12.2 Å². The van der Waals surface area contributed by atoms with Gasteiger partial charge in [0.05, 0.1) is 6.10 Å². The van der Waals surface area contributed by atoms with E-state index in [1.807, 2.05) is 0 Å². The van der Waals surface area contributed by atoms with E-state index in [0.717, 1.165) is 12.8 Å². The van der Waals surface area contributed by atoms with E-state index in [1.165, 1.54) is 38.5 Å². The van der Waals surface area contributed by atoms with E-state index in [4.69, 9.17) is 0 Å². The first-order chi connectivity index (χ1) is 7.36. The van der Waals surface area contributed by atoms with Crippen LogP contribution in [0.1, 0.15) is 51.4 Å². The highest BCUT2D eigenvalue weighted by Gasteiger charge is 2.23. The molecule has 3 unspecified atom stereocenters. The Morgan fingerprint density at radius 2 is 1.87 bits per heavy atom. The first-order valence-corrected chi connectivity index (χ1v) is 6.47. The fourth-order valence-electron chi connectivity index (χ4n) is 2.71. The van der Waals surface area contributed by atoms with Crippen LogP contribution in [0.4, 0.5) is 0 Å². The van der Waals surface area contributed by atoms with Gasteiger partial charge in [-0.1, -0.05) is 31.4 Å². The fourth-order valence-corrected chi connectivity index (χ4v) is 2.71. The summed E-state index contributed by atoms with van der Waals surface area (Å²) >= 11 is 0. The molecule has 2 aliphatic carbocycles. The summed E-state index contributed by atoms with van der Waals surface area (Å²) in [5.41, 5.74) is 0. The number of hydrogen-bond donors (Lipinski definition) is 2. The second kappa shape index (κ2) is 5.66. The molecule has 0 heterocycles. The van der Waals surface area contributed by atoms with Crippen LogP contribution in [-0.2, 0) is 0 Å². The van der Waals surface area contributed by atoms with Crippen molar-refractivity contribution in [2.24, 2.45) is 0 Å². The Labute approximate surface area is 92.8 Å². The van der Waals surface area contributed by atoms with Gasteiger partial charge in [0.1, 0.15) is 0 Å². The van der Waals surface area contributed by atoms with Crippen LogP contribution < -0.4 is 5.32 Å². The molecule has 86 valence electrons. The van der Waals surface area contributed by atoms with E-state index >= 15 is 0 Å². The summed E-state index contributed by atoms with van der Waals surface area (Å²) in [5.74, 6) is 0. The lowest BCUT2D eigenvalue weighted by atomic mass is 9.99. The number of rotatable bonds is 2. The van der Waals surface area contributed by atoms with E-state index < -0.39 is 0 Å². The van der Waals surface area contributed by atoms with Crippen LogP contribution in [0.5, 0.6) is 0 Å². The number of aliphatic hydroxyl groups is 1. The Morgan fingerprint density at radius 1 is 1.00 bits per heavy atom. The largest absolute Gasteiger partial charge is 0.392 e. The number of allylic oxidation sites excluding steroid dienone is 1. The van der Waals surface area contributed by atoms with E-state index in [2.05, 4.69) is 17.5 Å². The smallest absolute Gasteiger partial charge is 0.0693 e. The van der Waals surface area contributed by atoms with Crippen molar-refractivity contribution in [1.82, 2.24) is 5.32 Å². The standard InChI is InChI=1S/C13H23NO/c15-13-10-6-2-5-9-12(13)14-11-7-3-1-4-8-11/h3,7,11-15H,1-2,4-6,8-10H2. The molecule has 1 saturated carbocycles. The zero-order valence-electron chi connectivity index (χ0n) is 9.49. The van der Waals surface area contributed by atoms with Gasteiger partial charge in [0.25, 0.3) is 0 Å². The third kappa shape index (κ3) is 3.32. The molecule has 0 bridgehead atoms. The normalized spacial score (nSPS) is 37.5. The molecular formula is C13H23NO. The maximum absolute atomic E-state index is 9.99. The molecule has 0 aromatic rings. The molecule has 2 aliphatic rings. The minimum absolute atomic E-state index is 0.122. The molecule has 2 heteroatoms. The lowest BCUT2D eigenvalue weighted by molar-refractivity contribution is 0.115. The Bertz CT molecular complexity index is 215. The summed E-state index contributed by atoms with van der Waals surface area (Å²) in [5, 5.41) is 13.6. The molecule has 0 radical (unpaired) electrons. The van der Waals surface area contributed by atoms with Crippen molar-refractivity contribution < 1.29 is 5.11 Å². The Kier molecular flexibility index (Phi) is 4.21. The van der Waals surface area contributed by atoms with Gasteiger partial charge in [0, 0.05) is 12.1 Å². The lowest BCUT2D eigenvalue weighted by Gasteiger charge is -2.27. The maximum Gasteiger partial charge on any atom is 0.0693 e. The monoisotopic (exact) mass is 209 g/mol. The average Bonchev–Trinajstić information content (AvgIpc) is 2.46. The molecule has 2 nitrogen and oxygen atoms in total. The van der Waals surface area contributed by atoms with Crippen molar-refractivity contribution in [2.75, 3.05) is 0 Å². The highest BCUT2D eigenvalue weighted by Crippen LogP contribution is 2.20. The summed E-state index contributed by atoms with van der Waals surface area (Å²) in [6, 6.07) is 0.844. The summed E-state index contributed by atoms with van der Waals surface area (Å²) in [7, 11) is 0. The Morgan fingerprint density at radius 3 is 2.67 bits per heavy atom. The predicted octanol–water partition coefficient (Wildman–Crippen LogP) is 2.38. The highest BCUT2D eigenvalue weighted by molar-refractivity contribution is 4.99. The Balaban J connectivity index is 1.85. The minimum Gasteiger partial charge on any atom is -0.392 e. The zero-order chi connectivity index (χ0) is 10.5. The third-order valence-corrected chi connectivity index (χ3v) is 3.66. The molecular weight excluding hydrogens is 186 g/mol. The average molecular weight is 209 g/mol. The molecule has 2 rings (SSSR count). The highest BCUT2D eigenvalue weighted by atomic mass is 16.3. The zero-order valence-corrected chi connectivity index (χ0v) is 9.49. The van der Waals surface area contributed by atoms with Crippen molar-refractivity contribution >= 4 is 0 Å². The third-order valence-electron chi connectivity index (χ3n) is 3.66. The number of aliphatic hydroxyl groups excluding tert-OH is 1. The molecule has 3 atom stereocenters. The second-order valence-electron chi connectivity index (χ2n) is 4.94. The van der Waals surface area contributed by atoms with Crippen molar-refractivity contribution in [1.29, 1.82) is 0 Å². The molecule has 0 aromatic carbocycles. The van der Waals surface area contributed by atoms with Gasteiger partial charge in [0.15, 0.2) is 0 Å². The van der Waals surface area contributed by atoms with Crippen LogP contribution in [0, 0.1) is 0 Å².